The van der Waals surface area contributed by atoms with Gasteiger partial charge in [-0.1, -0.05) is 18.2 Å². The molecule has 0 saturated heterocycles. The Bertz CT molecular complexity index is 949. The van der Waals surface area contributed by atoms with Gasteiger partial charge in [-0.05, 0) is 51.8 Å². The number of alkyl halides is 3. The molecule has 0 aliphatic rings. The van der Waals surface area contributed by atoms with Crippen LogP contribution in [0.2, 0.25) is 0 Å². The summed E-state index contributed by atoms with van der Waals surface area (Å²) in [5.41, 5.74) is 0.795. The molecule has 1 atom stereocenters. The topological polar surface area (TPSA) is 66.9 Å². The van der Waals surface area contributed by atoms with Crippen LogP contribution in [0.15, 0.2) is 71.7 Å². The summed E-state index contributed by atoms with van der Waals surface area (Å²) in [6.45, 7) is 0. The van der Waals surface area contributed by atoms with Crippen LogP contribution in [0.4, 0.5) is 23.7 Å². The molecule has 2 aromatic heterocycles. The zero-order valence-electron chi connectivity index (χ0n) is 14.2. The van der Waals surface area contributed by atoms with E-state index in [0.29, 0.717) is 21.4 Å². The summed E-state index contributed by atoms with van der Waals surface area (Å²) >= 11 is 3.32. The van der Waals surface area contributed by atoms with Crippen molar-refractivity contribution in [2.24, 2.45) is 0 Å². The van der Waals surface area contributed by atoms with E-state index in [9.17, 15) is 18.0 Å². The maximum absolute atomic E-state index is 12.9. The van der Waals surface area contributed by atoms with Gasteiger partial charge in [0.05, 0.1) is 23.5 Å². The van der Waals surface area contributed by atoms with Gasteiger partial charge in [0.15, 0.2) is 0 Å². The third kappa shape index (κ3) is 4.86. The number of carbonyl (C=O) groups is 1. The molecule has 0 fully saturated rings. The Labute approximate surface area is 167 Å². The van der Waals surface area contributed by atoms with Crippen molar-refractivity contribution in [3.05, 3.63) is 88.4 Å². The second kappa shape index (κ2) is 8.39. The average molecular weight is 451 g/mol. The number of urea groups is 1. The third-order valence-corrected chi connectivity index (χ3v) is 4.53. The molecule has 3 rings (SSSR count). The highest BCUT2D eigenvalue weighted by molar-refractivity contribution is 9.10. The number of nitrogens with zero attached hydrogens (tertiary/aromatic N) is 2. The molecule has 0 aliphatic carbocycles. The summed E-state index contributed by atoms with van der Waals surface area (Å²) in [4.78, 5) is 20.5. The van der Waals surface area contributed by atoms with Crippen LogP contribution in [0.1, 0.15) is 22.7 Å². The van der Waals surface area contributed by atoms with Gasteiger partial charge in [-0.15, -0.1) is 0 Å². The number of hydrogen-bond donors (Lipinski definition) is 2. The fourth-order valence-electron chi connectivity index (χ4n) is 2.55. The predicted molar refractivity (Wildman–Crippen MR) is 102 cm³/mol. The maximum atomic E-state index is 12.9. The Balaban J connectivity index is 1.90. The van der Waals surface area contributed by atoms with E-state index in [-0.39, 0.29) is 0 Å². The molecule has 0 saturated carbocycles. The molecule has 28 heavy (non-hydrogen) atoms. The first-order valence-electron chi connectivity index (χ1n) is 8.10. The summed E-state index contributed by atoms with van der Waals surface area (Å²) < 4.78 is 39.0. The SMILES string of the molecule is O=C(Nc1cccnc1)NC(c1ccc(C(F)(F)F)cc1)c1cccnc1Br. The van der Waals surface area contributed by atoms with Gasteiger partial charge in [0.2, 0.25) is 0 Å². The molecule has 0 radical (unpaired) electrons. The number of carbonyl (C=O) groups excluding carboxylic acids is 1. The lowest BCUT2D eigenvalue weighted by atomic mass is 9.99. The predicted octanol–water partition coefficient (Wildman–Crippen LogP) is 5.17. The van der Waals surface area contributed by atoms with Crippen molar-refractivity contribution in [3.8, 4) is 0 Å². The maximum Gasteiger partial charge on any atom is 0.416 e. The molecule has 0 bridgehead atoms. The second-order valence-corrected chi connectivity index (χ2v) is 6.53. The first-order chi connectivity index (χ1) is 13.3. The van der Waals surface area contributed by atoms with Crippen molar-refractivity contribution in [2.75, 3.05) is 5.32 Å². The molecule has 2 N–H and O–H groups in total. The van der Waals surface area contributed by atoms with Gasteiger partial charge in [-0.25, -0.2) is 9.78 Å². The van der Waals surface area contributed by atoms with Gasteiger partial charge in [0.25, 0.3) is 0 Å². The zero-order chi connectivity index (χ0) is 20.1. The van der Waals surface area contributed by atoms with Crippen molar-refractivity contribution < 1.29 is 18.0 Å². The highest BCUT2D eigenvalue weighted by Crippen LogP contribution is 2.32. The van der Waals surface area contributed by atoms with E-state index in [0.717, 1.165) is 12.1 Å². The smallest absolute Gasteiger partial charge is 0.327 e. The second-order valence-electron chi connectivity index (χ2n) is 5.78. The van der Waals surface area contributed by atoms with Crippen molar-refractivity contribution in [2.45, 2.75) is 12.2 Å². The number of benzene rings is 1. The lowest BCUT2D eigenvalue weighted by molar-refractivity contribution is -0.137. The molecular formula is C19H14BrF3N4O. The highest BCUT2D eigenvalue weighted by atomic mass is 79.9. The van der Waals surface area contributed by atoms with Crippen LogP contribution in [-0.2, 0) is 6.18 Å². The molecule has 2 heterocycles. The van der Waals surface area contributed by atoms with Gasteiger partial charge in [0, 0.05) is 18.0 Å². The largest absolute Gasteiger partial charge is 0.416 e. The monoisotopic (exact) mass is 450 g/mol. The molecule has 0 aliphatic heterocycles. The van der Waals surface area contributed by atoms with Crippen LogP contribution in [0, 0.1) is 0 Å². The Morgan fingerprint density at radius 3 is 2.36 bits per heavy atom. The molecular weight excluding hydrogens is 437 g/mol. The van der Waals surface area contributed by atoms with Crippen LogP contribution >= 0.6 is 15.9 Å². The van der Waals surface area contributed by atoms with E-state index in [4.69, 9.17) is 0 Å². The Morgan fingerprint density at radius 1 is 1.04 bits per heavy atom. The molecule has 2 amide bonds. The van der Waals surface area contributed by atoms with Gasteiger partial charge >= 0.3 is 12.2 Å². The van der Waals surface area contributed by atoms with E-state index in [1.165, 1.54) is 18.3 Å². The molecule has 9 heteroatoms. The van der Waals surface area contributed by atoms with E-state index in [1.807, 2.05) is 0 Å². The third-order valence-electron chi connectivity index (χ3n) is 3.87. The van der Waals surface area contributed by atoms with Gasteiger partial charge < -0.3 is 10.6 Å². The van der Waals surface area contributed by atoms with E-state index in [1.54, 1.807) is 36.7 Å². The summed E-state index contributed by atoms with van der Waals surface area (Å²) in [6, 6.07) is 10.1. The van der Waals surface area contributed by atoms with Gasteiger partial charge in [0.1, 0.15) is 4.60 Å². The van der Waals surface area contributed by atoms with Gasteiger partial charge in [-0.2, -0.15) is 13.2 Å². The quantitative estimate of drug-likeness (QED) is 0.538. The number of rotatable bonds is 4. The summed E-state index contributed by atoms with van der Waals surface area (Å²) in [5, 5.41) is 5.41. The van der Waals surface area contributed by atoms with Crippen molar-refractivity contribution in [3.63, 3.8) is 0 Å². The van der Waals surface area contributed by atoms with Crippen LogP contribution in [-0.4, -0.2) is 16.0 Å². The van der Waals surface area contributed by atoms with E-state index >= 15 is 0 Å². The molecule has 5 nitrogen and oxygen atoms in total. The minimum Gasteiger partial charge on any atom is -0.327 e. The van der Waals surface area contributed by atoms with E-state index < -0.39 is 23.8 Å². The zero-order valence-corrected chi connectivity index (χ0v) is 15.8. The Hall–Kier alpha value is -2.94. The fourth-order valence-corrected chi connectivity index (χ4v) is 3.03. The van der Waals surface area contributed by atoms with Crippen molar-refractivity contribution in [1.29, 1.82) is 0 Å². The van der Waals surface area contributed by atoms with Crippen molar-refractivity contribution in [1.82, 2.24) is 15.3 Å². The first kappa shape index (κ1) is 19.8. The van der Waals surface area contributed by atoms with Crippen LogP contribution in [0.5, 0.6) is 0 Å². The lowest BCUT2D eigenvalue weighted by Gasteiger charge is -2.21. The van der Waals surface area contributed by atoms with Crippen LogP contribution in [0.3, 0.4) is 0 Å². The summed E-state index contributed by atoms with van der Waals surface area (Å²) in [6.07, 6.45) is 0.175. The number of hydrogen-bond acceptors (Lipinski definition) is 3. The number of aromatic nitrogens is 2. The fraction of sp³-hybridized carbons (Fsp3) is 0.105. The number of nitrogens with one attached hydrogen (secondary N) is 2. The molecule has 1 aromatic carbocycles. The molecule has 144 valence electrons. The van der Waals surface area contributed by atoms with E-state index in [2.05, 4.69) is 36.5 Å². The van der Waals surface area contributed by atoms with Gasteiger partial charge in [-0.3, -0.25) is 4.98 Å². The molecule has 3 aromatic rings. The number of amides is 2. The van der Waals surface area contributed by atoms with Crippen molar-refractivity contribution >= 4 is 27.6 Å². The Morgan fingerprint density at radius 2 is 1.75 bits per heavy atom. The van der Waals surface area contributed by atoms with Crippen LogP contribution in [0.25, 0.3) is 0 Å². The normalized spacial score (nSPS) is 12.3. The number of anilines is 1. The first-order valence-corrected chi connectivity index (χ1v) is 8.89. The standard InChI is InChI=1S/C19H14BrF3N4O/c20-17-15(4-2-10-25-17)16(12-5-7-13(8-6-12)19(21,22)23)27-18(28)26-14-3-1-9-24-11-14/h1-11,16H,(H2,26,27,28). The Kier molecular flexibility index (Phi) is 5.93. The highest BCUT2D eigenvalue weighted by Gasteiger charge is 2.30. The molecule has 1 unspecified atom stereocenters. The van der Waals surface area contributed by atoms with Crippen LogP contribution < -0.4 is 10.6 Å². The summed E-state index contributed by atoms with van der Waals surface area (Å²) in [7, 11) is 0. The molecule has 0 spiro atoms. The lowest BCUT2D eigenvalue weighted by Crippen LogP contribution is -2.33. The number of halogens is 4. The number of pyridine rings is 2. The summed E-state index contributed by atoms with van der Waals surface area (Å²) in [5.74, 6) is 0. The minimum atomic E-state index is -4.44. The average Bonchev–Trinajstić information content (AvgIpc) is 2.67. The minimum absolute atomic E-state index is 0.474.